The summed E-state index contributed by atoms with van der Waals surface area (Å²) >= 11 is 5.90. The first-order valence-corrected chi connectivity index (χ1v) is 7.00. The van der Waals surface area contributed by atoms with Gasteiger partial charge in [-0.05, 0) is 36.4 Å². The van der Waals surface area contributed by atoms with Crippen molar-refractivity contribution in [2.24, 2.45) is 0 Å². The fourth-order valence-electron chi connectivity index (χ4n) is 2.13. The van der Waals surface area contributed by atoms with Crippen molar-refractivity contribution in [3.8, 4) is 6.07 Å². The van der Waals surface area contributed by atoms with Gasteiger partial charge in [-0.25, -0.2) is 4.79 Å². The molecule has 1 heterocycles. The highest BCUT2D eigenvalue weighted by Crippen LogP contribution is 2.20. The Kier molecular flexibility index (Phi) is 3.83. The van der Waals surface area contributed by atoms with Crippen molar-refractivity contribution in [1.82, 2.24) is 0 Å². The lowest BCUT2D eigenvalue weighted by Crippen LogP contribution is -2.21. The van der Waals surface area contributed by atoms with Crippen LogP contribution in [0.1, 0.15) is 15.9 Å². The first-order valence-electron chi connectivity index (χ1n) is 6.62. The van der Waals surface area contributed by atoms with Crippen LogP contribution < -0.4 is 10.9 Å². The second-order valence-electron chi connectivity index (χ2n) is 4.74. The van der Waals surface area contributed by atoms with Gasteiger partial charge in [-0.15, -0.1) is 0 Å². The van der Waals surface area contributed by atoms with Gasteiger partial charge in [0.05, 0.1) is 11.3 Å². The number of anilines is 1. The molecule has 0 saturated carbocycles. The standard InChI is InChI=1S/C17H9ClN2O3/c18-12-5-6-15-11(7-12)8-13(17(22)23-15)16(21)20-14-4-2-1-3-10(14)9-19/h1-8H,(H,20,21). The van der Waals surface area contributed by atoms with Gasteiger partial charge in [0.2, 0.25) is 0 Å². The van der Waals surface area contributed by atoms with Crippen LogP contribution in [0.4, 0.5) is 5.69 Å². The molecule has 3 rings (SSSR count). The number of amides is 1. The summed E-state index contributed by atoms with van der Waals surface area (Å²) in [6.45, 7) is 0. The molecule has 0 atom stereocenters. The number of benzene rings is 2. The maximum Gasteiger partial charge on any atom is 0.349 e. The molecule has 0 saturated heterocycles. The predicted octanol–water partition coefficient (Wildman–Crippen LogP) is 3.57. The molecule has 23 heavy (non-hydrogen) atoms. The second-order valence-corrected chi connectivity index (χ2v) is 5.18. The minimum absolute atomic E-state index is 0.160. The molecule has 0 aliphatic rings. The fourth-order valence-corrected chi connectivity index (χ4v) is 2.31. The Morgan fingerprint density at radius 2 is 1.96 bits per heavy atom. The third-order valence-electron chi connectivity index (χ3n) is 3.23. The molecule has 0 aliphatic heterocycles. The number of nitriles is 1. The van der Waals surface area contributed by atoms with Crippen LogP contribution in [-0.4, -0.2) is 5.91 Å². The van der Waals surface area contributed by atoms with Gasteiger partial charge in [0.1, 0.15) is 17.2 Å². The SMILES string of the molecule is N#Cc1ccccc1NC(=O)c1cc2cc(Cl)ccc2oc1=O. The third-order valence-corrected chi connectivity index (χ3v) is 3.47. The topological polar surface area (TPSA) is 83.1 Å². The Morgan fingerprint density at radius 1 is 1.17 bits per heavy atom. The molecular weight excluding hydrogens is 316 g/mol. The van der Waals surface area contributed by atoms with Crippen LogP contribution in [0.15, 0.2) is 57.7 Å². The summed E-state index contributed by atoms with van der Waals surface area (Å²) in [5.74, 6) is -0.650. The molecule has 0 bridgehead atoms. The number of hydrogen-bond donors (Lipinski definition) is 1. The minimum atomic E-state index is -0.758. The van der Waals surface area contributed by atoms with Crippen molar-refractivity contribution in [3.63, 3.8) is 0 Å². The lowest BCUT2D eigenvalue weighted by atomic mass is 10.1. The molecule has 0 radical (unpaired) electrons. The summed E-state index contributed by atoms with van der Waals surface area (Å²) < 4.78 is 5.12. The minimum Gasteiger partial charge on any atom is -0.422 e. The van der Waals surface area contributed by atoms with Crippen LogP contribution in [0.3, 0.4) is 0 Å². The molecule has 112 valence electrons. The zero-order valence-electron chi connectivity index (χ0n) is 11.7. The Hall–Kier alpha value is -3.10. The van der Waals surface area contributed by atoms with Gasteiger partial charge in [-0.3, -0.25) is 4.79 Å². The predicted molar refractivity (Wildman–Crippen MR) is 86.6 cm³/mol. The van der Waals surface area contributed by atoms with Crippen LogP contribution >= 0.6 is 11.6 Å². The van der Waals surface area contributed by atoms with Crippen molar-refractivity contribution < 1.29 is 9.21 Å². The Morgan fingerprint density at radius 3 is 2.74 bits per heavy atom. The number of nitrogens with zero attached hydrogens (tertiary/aromatic N) is 1. The van der Waals surface area contributed by atoms with E-state index >= 15 is 0 Å². The molecule has 1 aromatic heterocycles. The van der Waals surface area contributed by atoms with Crippen LogP contribution in [-0.2, 0) is 0 Å². The Bertz CT molecular complexity index is 1020. The number of carbonyl (C=O) groups excluding carboxylic acids is 1. The van der Waals surface area contributed by atoms with Crippen molar-refractivity contribution in [1.29, 1.82) is 5.26 Å². The number of fused-ring (bicyclic) bond motifs is 1. The van der Waals surface area contributed by atoms with Gasteiger partial charge in [0.25, 0.3) is 5.91 Å². The van der Waals surface area contributed by atoms with Crippen molar-refractivity contribution in [2.45, 2.75) is 0 Å². The van der Waals surface area contributed by atoms with E-state index in [9.17, 15) is 9.59 Å². The van der Waals surface area contributed by atoms with Gasteiger partial charge in [0, 0.05) is 10.4 Å². The molecule has 5 nitrogen and oxygen atoms in total. The van der Waals surface area contributed by atoms with Crippen molar-refractivity contribution in [2.75, 3.05) is 5.32 Å². The van der Waals surface area contributed by atoms with Crippen LogP contribution in [0.2, 0.25) is 5.02 Å². The molecule has 0 spiro atoms. The number of hydrogen-bond acceptors (Lipinski definition) is 4. The zero-order chi connectivity index (χ0) is 16.4. The van der Waals surface area contributed by atoms with E-state index in [2.05, 4.69) is 5.32 Å². The molecule has 6 heteroatoms. The van der Waals surface area contributed by atoms with Crippen molar-refractivity contribution in [3.05, 3.63) is 75.1 Å². The van der Waals surface area contributed by atoms with Gasteiger partial charge in [-0.1, -0.05) is 23.7 Å². The zero-order valence-corrected chi connectivity index (χ0v) is 12.4. The number of rotatable bonds is 2. The summed E-state index contributed by atoms with van der Waals surface area (Å²) in [7, 11) is 0. The smallest absolute Gasteiger partial charge is 0.349 e. The largest absolute Gasteiger partial charge is 0.422 e. The van der Waals surface area contributed by atoms with E-state index in [0.29, 0.717) is 27.2 Å². The fraction of sp³-hybridized carbons (Fsp3) is 0. The van der Waals surface area contributed by atoms with Crippen LogP contribution in [0.5, 0.6) is 0 Å². The number of carbonyl (C=O) groups is 1. The van der Waals surface area contributed by atoms with Gasteiger partial charge >= 0.3 is 5.63 Å². The van der Waals surface area contributed by atoms with E-state index in [1.807, 2.05) is 6.07 Å². The average molecular weight is 325 g/mol. The number of halogens is 1. The molecular formula is C17H9ClN2O3. The van der Waals surface area contributed by atoms with Crippen molar-refractivity contribution >= 4 is 34.2 Å². The maximum atomic E-state index is 12.3. The van der Waals surface area contributed by atoms with E-state index in [-0.39, 0.29) is 5.56 Å². The van der Waals surface area contributed by atoms with Crippen LogP contribution in [0.25, 0.3) is 11.0 Å². The molecule has 0 aliphatic carbocycles. The summed E-state index contributed by atoms with van der Waals surface area (Å²) in [4.78, 5) is 24.3. The first kappa shape index (κ1) is 14.8. The van der Waals surface area contributed by atoms with E-state index < -0.39 is 11.5 Å². The highest BCUT2D eigenvalue weighted by molar-refractivity contribution is 6.31. The lowest BCUT2D eigenvalue weighted by Gasteiger charge is -2.06. The van der Waals surface area contributed by atoms with E-state index in [4.69, 9.17) is 21.3 Å². The van der Waals surface area contributed by atoms with Gasteiger partial charge in [-0.2, -0.15) is 5.26 Å². The molecule has 1 N–H and O–H groups in total. The summed E-state index contributed by atoms with van der Waals surface area (Å²) in [5.41, 5.74) is 0.0484. The normalized spacial score (nSPS) is 10.3. The summed E-state index contributed by atoms with van der Waals surface area (Å²) in [6, 6.07) is 14.6. The molecule has 0 unspecified atom stereocenters. The van der Waals surface area contributed by atoms with Crippen LogP contribution in [0, 0.1) is 11.3 Å². The number of para-hydroxylation sites is 1. The summed E-state index contributed by atoms with van der Waals surface area (Å²) in [5, 5.41) is 12.6. The molecule has 1 amide bonds. The second kappa shape index (κ2) is 5.95. The highest BCUT2D eigenvalue weighted by Gasteiger charge is 2.15. The van der Waals surface area contributed by atoms with Gasteiger partial charge < -0.3 is 9.73 Å². The monoisotopic (exact) mass is 324 g/mol. The van der Waals surface area contributed by atoms with E-state index in [1.54, 1.807) is 42.5 Å². The summed E-state index contributed by atoms with van der Waals surface area (Å²) in [6.07, 6.45) is 0. The Labute approximate surface area is 135 Å². The lowest BCUT2D eigenvalue weighted by molar-refractivity contribution is 0.102. The molecule has 0 fully saturated rings. The number of nitrogens with one attached hydrogen (secondary N) is 1. The molecule has 2 aromatic carbocycles. The Balaban J connectivity index is 2.02. The maximum absolute atomic E-state index is 12.3. The first-order chi connectivity index (χ1) is 11.1. The van der Waals surface area contributed by atoms with E-state index in [1.165, 1.54) is 6.07 Å². The quantitative estimate of drug-likeness (QED) is 0.730. The highest BCUT2D eigenvalue weighted by atomic mass is 35.5. The average Bonchev–Trinajstić information content (AvgIpc) is 2.55. The van der Waals surface area contributed by atoms with E-state index in [0.717, 1.165) is 0 Å². The third kappa shape index (κ3) is 2.93. The molecule has 3 aromatic rings. The van der Waals surface area contributed by atoms with Gasteiger partial charge in [0.15, 0.2) is 0 Å².